The molecule has 2 aliphatic rings. The topological polar surface area (TPSA) is 42.5 Å². The van der Waals surface area contributed by atoms with E-state index in [1.54, 1.807) is 0 Å². The van der Waals surface area contributed by atoms with Crippen LogP contribution in [0.5, 0.6) is 0 Å². The Morgan fingerprint density at radius 2 is 2.36 bits per heavy atom. The third kappa shape index (κ3) is 1.90. The minimum Gasteiger partial charge on any atom is -0.634 e. The second-order valence-corrected chi connectivity index (χ2v) is 3.42. The van der Waals surface area contributed by atoms with Crippen molar-refractivity contribution in [1.29, 1.82) is 0 Å². The Hall–Kier alpha value is -0.160. The van der Waals surface area contributed by atoms with Crippen LogP contribution < -0.4 is 10.4 Å². The van der Waals surface area contributed by atoms with E-state index in [-0.39, 0.29) is 6.04 Å². The molecule has 2 atom stereocenters. The zero-order valence-electron chi connectivity index (χ0n) is 6.68. The van der Waals surface area contributed by atoms with E-state index in [2.05, 4.69) is 10.2 Å². The van der Waals surface area contributed by atoms with E-state index < -0.39 is 0 Å². The van der Waals surface area contributed by atoms with E-state index in [1.807, 2.05) is 0 Å². The summed E-state index contributed by atoms with van der Waals surface area (Å²) in [6, 6.07) is 0.284. The Labute approximate surface area is 66.7 Å². The summed E-state index contributed by atoms with van der Waals surface area (Å²) in [5, 5.41) is 15.0. The molecule has 0 aromatic carbocycles. The SMILES string of the molecule is [O-][NH+]1CCNCC1CN1CC1. The van der Waals surface area contributed by atoms with E-state index in [0.29, 0.717) is 5.06 Å². The molecular weight excluding hydrogens is 142 g/mol. The highest BCUT2D eigenvalue weighted by molar-refractivity contribution is 4.78. The molecule has 2 aliphatic heterocycles. The van der Waals surface area contributed by atoms with E-state index in [9.17, 15) is 5.21 Å². The first-order valence-electron chi connectivity index (χ1n) is 4.32. The van der Waals surface area contributed by atoms with Gasteiger partial charge < -0.3 is 15.6 Å². The van der Waals surface area contributed by atoms with Gasteiger partial charge in [0, 0.05) is 26.2 Å². The molecule has 2 rings (SSSR count). The molecule has 0 aromatic rings. The maximum absolute atomic E-state index is 11.3. The highest BCUT2D eigenvalue weighted by Crippen LogP contribution is 2.02. The van der Waals surface area contributed by atoms with Gasteiger partial charge in [0.05, 0.1) is 13.1 Å². The Balaban J connectivity index is 1.78. The molecule has 11 heavy (non-hydrogen) atoms. The molecule has 0 spiro atoms. The maximum Gasteiger partial charge on any atom is 0.113 e. The molecule has 0 amide bonds. The van der Waals surface area contributed by atoms with Crippen molar-refractivity contribution in [1.82, 2.24) is 10.2 Å². The molecule has 2 heterocycles. The fraction of sp³-hybridized carbons (Fsp3) is 1.00. The Bertz CT molecular complexity index is 138. The number of hydrogen-bond acceptors (Lipinski definition) is 3. The van der Waals surface area contributed by atoms with Crippen LogP contribution in [0.3, 0.4) is 0 Å². The van der Waals surface area contributed by atoms with Crippen LogP contribution in [0.15, 0.2) is 0 Å². The summed E-state index contributed by atoms with van der Waals surface area (Å²) in [6.45, 7) is 5.91. The molecule has 0 saturated carbocycles. The number of rotatable bonds is 2. The molecule has 4 heteroatoms. The Morgan fingerprint density at radius 3 is 3.00 bits per heavy atom. The number of piperazine rings is 1. The minimum atomic E-state index is 0.284. The van der Waals surface area contributed by atoms with Crippen molar-refractivity contribution in [3.05, 3.63) is 5.21 Å². The highest BCUT2D eigenvalue weighted by Gasteiger charge is 2.27. The van der Waals surface area contributed by atoms with Crippen LogP contribution in [0.2, 0.25) is 0 Å². The van der Waals surface area contributed by atoms with Gasteiger partial charge in [0.1, 0.15) is 6.04 Å². The predicted molar refractivity (Wildman–Crippen MR) is 42.3 cm³/mol. The summed E-state index contributed by atoms with van der Waals surface area (Å²) in [4.78, 5) is 2.32. The number of nitrogens with zero attached hydrogens (tertiary/aromatic N) is 1. The van der Waals surface area contributed by atoms with E-state index in [4.69, 9.17) is 0 Å². The molecular formula is C7H15N3O. The van der Waals surface area contributed by atoms with Gasteiger partial charge in [0.2, 0.25) is 0 Å². The zero-order chi connectivity index (χ0) is 7.68. The minimum absolute atomic E-state index is 0.284. The summed E-state index contributed by atoms with van der Waals surface area (Å²) >= 11 is 0. The summed E-state index contributed by atoms with van der Waals surface area (Å²) in [6.07, 6.45) is 0. The fourth-order valence-corrected chi connectivity index (χ4v) is 1.54. The lowest BCUT2D eigenvalue weighted by molar-refractivity contribution is -0.877. The van der Waals surface area contributed by atoms with Crippen LogP contribution in [-0.2, 0) is 0 Å². The zero-order valence-corrected chi connectivity index (χ0v) is 6.68. The molecule has 0 aromatic heterocycles. The first kappa shape index (κ1) is 7.49. The Morgan fingerprint density at radius 1 is 1.55 bits per heavy atom. The van der Waals surface area contributed by atoms with Crippen LogP contribution in [0, 0.1) is 5.21 Å². The molecule has 64 valence electrons. The summed E-state index contributed by atoms with van der Waals surface area (Å²) in [5.41, 5.74) is 0. The van der Waals surface area contributed by atoms with Crippen LogP contribution in [0.4, 0.5) is 0 Å². The van der Waals surface area contributed by atoms with Gasteiger partial charge in [-0.15, -0.1) is 0 Å². The van der Waals surface area contributed by atoms with Gasteiger partial charge in [-0.2, -0.15) is 0 Å². The number of quaternary nitrogens is 1. The lowest BCUT2D eigenvalue weighted by atomic mass is 10.2. The van der Waals surface area contributed by atoms with Gasteiger partial charge in [-0.1, -0.05) is 0 Å². The smallest absolute Gasteiger partial charge is 0.113 e. The van der Waals surface area contributed by atoms with Crippen molar-refractivity contribution in [2.24, 2.45) is 0 Å². The van der Waals surface area contributed by atoms with Crippen molar-refractivity contribution in [2.75, 3.05) is 39.3 Å². The molecule has 2 N–H and O–H groups in total. The Kier molecular flexibility index (Phi) is 2.09. The van der Waals surface area contributed by atoms with Gasteiger partial charge >= 0.3 is 0 Å². The van der Waals surface area contributed by atoms with Crippen LogP contribution in [-0.4, -0.2) is 50.2 Å². The molecule has 2 saturated heterocycles. The molecule has 0 radical (unpaired) electrons. The molecule has 2 fully saturated rings. The maximum atomic E-state index is 11.3. The van der Waals surface area contributed by atoms with Gasteiger partial charge in [-0.05, 0) is 0 Å². The monoisotopic (exact) mass is 157 g/mol. The molecule has 0 bridgehead atoms. The van der Waals surface area contributed by atoms with E-state index in [1.165, 1.54) is 13.1 Å². The van der Waals surface area contributed by atoms with Crippen LogP contribution in [0.1, 0.15) is 0 Å². The summed E-state index contributed by atoms with van der Waals surface area (Å²) in [5.74, 6) is 0. The molecule has 2 unspecified atom stereocenters. The van der Waals surface area contributed by atoms with Crippen LogP contribution in [0.25, 0.3) is 0 Å². The third-order valence-electron chi connectivity index (χ3n) is 2.41. The standard InChI is InChI=1S/C7H15N3O/c11-10-2-1-8-5-7(10)6-9-3-4-9/h7-8,10H,1-6H2. The van der Waals surface area contributed by atoms with Crippen molar-refractivity contribution in [3.8, 4) is 0 Å². The lowest BCUT2D eigenvalue weighted by Gasteiger charge is -2.35. The second-order valence-electron chi connectivity index (χ2n) is 3.42. The van der Waals surface area contributed by atoms with Gasteiger partial charge in [-0.3, -0.25) is 4.90 Å². The second kappa shape index (κ2) is 3.06. The first-order chi connectivity index (χ1) is 5.36. The average Bonchev–Trinajstić information content (AvgIpc) is 2.78. The first-order valence-corrected chi connectivity index (χ1v) is 4.32. The average molecular weight is 157 g/mol. The fourth-order valence-electron chi connectivity index (χ4n) is 1.54. The normalized spacial score (nSPS) is 39.0. The summed E-state index contributed by atoms with van der Waals surface area (Å²) < 4.78 is 0. The van der Waals surface area contributed by atoms with Gasteiger partial charge in [-0.25, -0.2) is 0 Å². The molecule has 0 aliphatic carbocycles. The largest absolute Gasteiger partial charge is 0.634 e. The highest BCUT2D eigenvalue weighted by atomic mass is 16.5. The number of hydrogen-bond donors (Lipinski definition) is 2. The van der Waals surface area contributed by atoms with E-state index >= 15 is 0 Å². The third-order valence-corrected chi connectivity index (χ3v) is 2.41. The van der Waals surface area contributed by atoms with Crippen molar-refractivity contribution in [3.63, 3.8) is 0 Å². The number of hydroxylamine groups is 2. The summed E-state index contributed by atoms with van der Waals surface area (Å²) in [7, 11) is 0. The molecule has 4 nitrogen and oxygen atoms in total. The van der Waals surface area contributed by atoms with E-state index in [0.717, 1.165) is 26.2 Å². The van der Waals surface area contributed by atoms with Gasteiger partial charge in [0.25, 0.3) is 0 Å². The lowest BCUT2D eigenvalue weighted by Crippen LogP contribution is -3.15. The van der Waals surface area contributed by atoms with Crippen molar-refractivity contribution in [2.45, 2.75) is 6.04 Å². The quantitative estimate of drug-likeness (QED) is 0.348. The predicted octanol–water partition coefficient (Wildman–Crippen LogP) is -2.34. The van der Waals surface area contributed by atoms with Crippen molar-refractivity contribution >= 4 is 0 Å². The van der Waals surface area contributed by atoms with Gasteiger partial charge in [0.15, 0.2) is 0 Å². The number of nitrogens with one attached hydrogen (secondary N) is 2. The van der Waals surface area contributed by atoms with Crippen LogP contribution >= 0.6 is 0 Å². The van der Waals surface area contributed by atoms with Crippen molar-refractivity contribution < 1.29 is 5.06 Å².